The lowest BCUT2D eigenvalue weighted by Gasteiger charge is -2.18. The summed E-state index contributed by atoms with van der Waals surface area (Å²) in [4.78, 5) is 0. The normalized spacial score (nSPS) is 11.6. The van der Waals surface area contributed by atoms with Gasteiger partial charge < -0.3 is 10.5 Å². The molecule has 0 bridgehead atoms. The number of anilines is 1. The van der Waals surface area contributed by atoms with E-state index in [1.807, 2.05) is 0 Å². The molecule has 0 aromatic heterocycles. The lowest BCUT2D eigenvalue weighted by Crippen LogP contribution is -2.12. The number of hydrogen-bond donors (Lipinski definition) is 1. The van der Waals surface area contributed by atoms with Crippen molar-refractivity contribution in [1.82, 2.24) is 0 Å². The van der Waals surface area contributed by atoms with Crippen molar-refractivity contribution in [1.29, 1.82) is 0 Å². The smallest absolute Gasteiger partial charge is 0.177 e. The van der Waals surface area contributed by atoms with Gasteiger partial charge >= 0.3 is 0 Å². The maximum atomic E-state index is 13.5. The van der Waals surface area contributed by atoms with E-state index in [4.69, 9.17) is 22.1 Å². The van der Waals surface area contributed by atoms with Crippen molar-refractivity contribution in [2.75, 3.05) is 18.1 Å². The molecule has 0 fully saturated rings. The van der Waals surface area contributed by atoms with Crippen molar-refractivity contribution < 1.29 is 9.13 Å². The van der Waals surface area contributed by atoms with Gasteiger partial charge in [-0.2, -0.15) is 11.8 Å². The first-order valence-electron chi connectivity index (χ1n) is 5.31. The Labute approximate surface area is 111 Å². The van der Waals surface area contributed by atoms with Crippen LogP contribution < -0.4 is 10.5 Å². The topological polar surface area (TPSA) is 35.2 Å². The van der Waals surface area contributed by atoms with Gasteiger partial charge in [-0.3, -0.25) is 0 Å². The van der Waals surface area contributed by atoms with Crippen LogP contribution >= 0.6 is 23.4 Å². The molecule has 2 nitrogen and oxygen atoms in total. The van der Waals surface area contributed by atoms with Gasteiger partial charge in [0.25, 0.3) is 0 Å². The standard InChI is InChI=1S/C12H17ClFNOS/c1-12(2,3)17-5-4-16-11-9(14)6-8(13)7-10(11)15/h6-7H,4-5,15H2,1-3H3. The fourth-order valence-corrected chi connectivity index (χ4v) is 2.22. The van der Waals surface area contributed by atoms with Crippen LogP contribution in [0.2, 0.25) is 5.02 Å². The molecule has 17 heavy (non-hydrogen) atoms. The number of nitrogen functional groups attached to an aromatic ring is 1. The highest BCUT2D eigenvalue weighted by Crippen LogP contribution is 2.29. The summed E-state index contributed by atoms with van der Waals surface area (Å²) in [6.07, 6.45) is 0. The lowest BCUT2D eigenvalue weighted by molar-refractivity contribution is 0.326. The Morgan fingerprint density at radius 2 is 2.06 bits per heavy atom. The molecule has 0 unspecified atom stereocenters. The van der Waals surface area contributed by atoms with E-state index in [0.29, 0.717) is 6.61 Å². The van der Waals surface area contributed by atoms with Gasteiger partial charge in [-0.05, 0) is 12.1 Å². The molecule has 5 heteroatoms. The summed E-state index contributed by atoms with van der Waals surface area (Å²) in [7, 11) is 0. The molecule has 2 N–H and O–H groups in total. The summed E-state index contributed by atoms with van der Waals surface area (Å²) in [5, 5.41) is 0.274. The highest BCUT2D eigenvalue weighted by molar-refractivity contribution is 8.00. The Bertz CT molecular complexity index is 370. The van der Waals surface area contributed by atoms with Crippen molar-refractivity contribution in [3.63, 3.8) is 0 Å². The average molecular weight is 278 g/mol. The second-order valence-corrected chi connectivity index (χ2v) is 6.97. The number of hydrogen-bond acceptors (Lipinski definition) is 3. The van der Waals surface area contributed by atoms with E-state index in [9.17, 15) is 4.39 Å². The molecule has 0 radical (unpaired) electrons. The zero-order valence-corrected chi connectivity index (χ0v) is 11.8. The summed E-state index contributed by atoms with van der Waals surface area (Å²) in [6.45, 7) is 6.78. The Morgan fingerprint density at radius 3 is 2.59 bits per heavy atom. The third-order valence-electron chi connectivity index (χ3n) is 1.90. The largest absolute Gasteiger partial charge is 0.487 e. The molecule has 0 amide bonds. The average Bonchev–Trinajstić information content (AvgIpc) is 2.13. The van der Waals surface area contributed by atoms with Crippen LogP contribution in [-0.4, -0.2) is 17.1 Å². The third-order valence-corrected chi connectivity index (χ3v) is 3.36. The van der Waals surface area contributed by atoms with E-state index in [0.717, 1.165) is 5.75 Å². The minimum atomic E-state index is -0.518. The van der Waals surface area contributed by atoms with Gasteiger partial charge in [-0.25, -0.2) is 4.39 Å². The van der Waals surface area contributed by atoms with Crippen LogP contribution in [0.1, 0.15) is 20.8 Å². The Balaban J connectivity index is 2.53. The molecule has 0 heterocycles. The number of nitrogens with two attached hydrogens (primary N) is 1. The number of benzene rings is 1. The van der Waals surface area contributed by atoms with Crippen LogP contribution in [0.5, 0.6) is 5.75 Å². The SMILES string of the molecule is CC(C)(C)SCCOc1c(N)cc(Cl)cc1F. The number of ether oxygens (including phenoxy) is 1. The Kier molecular flexibility index (Phi) is 4.95. The predicted molar refractivity (Wildman–Crippen MR) is 73.5 cm³/mol. The van der Waals surface area contributed by atoms with E-state index >= 15 is 0 Å². The van der Waals surface area contributed by atoms with Gasteiger partial charge in [0.1, 0.15) is 0 Å². The fraction of sp³-hybridized carbons (Fsp3) is 0.500. The summed E-state index contributed by atoms with van der Waals surface area (Å²) in [5.41, 5.74) is 5.87. The molecule has 0 saturated carbocycles. The maximum Gasteiger partial charge on any atom is 0.177 e. The van der Waals surface area contributed by atoms with E-state index in [2.05, 4.69) is 20.8 Å². The first-order chi connectivity index (χ1) is 7.79. The van der Waals surface area contributed by atoms with E-state index in [1.165, 1.54) is 12.1 Å². The lowest BCUT2D eigenvalue weighted by atomic mass is 10.3. The molecule has 0 saturated heterocycles. The zero-order valence-electron chi connectivity index (χ0n) is 10.2. The van der Waals surface area contributed by atoms with Crippen LogP contribution in [0, 0.1) is 5.82 Å². The van der Waals surface area contributed by atoms with E-state index in [1.54, 1.807) is 11.8 Å². The van der Waals surface area contributed by atoms with Gasteiger partial charge in [0.2, 0.25) is 0 Å². The molecule has 0 atom stereocenters. The maximum absolute atomic E-state index is 13.5. The van der Waals surface area contributed by atoms with Crippen molar-refractivity contribution in [2.24, 2.45) is 0 Å². The number of thioether (sulfide) groups is 1. The molecular formula is C12H17ClFNOS. The highest BCUT2D eigenvalue weighted by Gasteiger charge is 2.12. The van der Waals surface area contributed by atoms with Crippen LogP contribution in [0.4, 0.5) is 10.1 Å². The van der Waals surface area contributed by atoms with Gasteiger partial charge in [0, 0.05) is 15.5 Å². The molecular weight excluding hydrogens is 261 g/mol. The monoisotopic (exact) mass is 277 g/mol. The van der Waals surface area contributed by atoms with Crippen LogP contribution in [-0.2, 0) is 0 Å². The number of rotatable bonds is 4. The van der Waals surface area contributed by atoms with Gasteiger partial charge in [0.05, 0.1) is 12.3 Å². The van der Waals surface area contributed by atoms with E-state index in [-0.39, 0.29) is 21.2 Å². The van der Waals surface area contributed by atoms with Gasteiger partial charge in [-0.15, -0.1) is 0 Å². The first kappa shape index (κ1) is 14.5. The highest BCUT2D eigenvalue weighted by atomic mass is 35.5. The molecule has 1 aromatic rings. The minimum Gasteiger partial charge on any atom is -0.487 e. The third kappa shape index (κ3) is 5.04. The van der Waals surface area contributed by atoms with Crippen molar-refractivity contribution in [3.8, 4) is 5.75 Å². The molecule has 0 spiro atoms. The molecule has 0 aliphatic carbocycles. The summed E-state index contributed by atoms with van der Waals surface area (Å²) in [5.74, 6) is 0.352. The molecule has 0 aliphatic heterocycles. The predicted octanol–water partition coefficient (Wildman–Crippen LogP) is 3.97. The first-order valence-corrected chi connectivity index (χ1v) is 6.67. The molecule has 0 aliphatic rings. The Hall–Kier alpha value is -0.610. The fourth-order valence-electron chi connectivity index (χ4n) is 1.22. The van der Waals surface area contributed by atoms with Crippen molar-refractivity contribution in [3.05, 3.63) is 23.0 Å². The quantitative estimate of drug-likeness (QED) is 0.668. The van der Waals surface area contributed by atoms with Crippen molar-refractivity contribution >= 4 is 29.1 Å². The number of halogens is 2. The summed E-state index contributed by atoms with van der Waals surface area (Å²) < 4.78 is 19.0. The van der Waals surface area contributed by atoms with Gasteiger partial charge in [0.15, 0.2) is 11.6 Å². The Morgan fingerprint density at radius 1 is 1.41 bits per heavy atom. The minimum absolute atomic E-state index is 0.0870. The summed E-state index contributed by atoms with van der Waals surface area (Å²) in [6, 6.07) is 2.68. The van der Waals surface area contributed by atoms with E-state index < -0.39 is 5.82 Å². The van der Waals surface area contributed by atoms with Crippen LogP contribution in [0.3, 0.4) is 0 Å². The molecule has 1 rings (SSSR count). The molecule has 1 aromatic carbocycles. The van der Waals surface area contributed by atoms with Crippen molar-refractivity contribution in [2.45, 2.75) is 25.5 Å². The van der Waals surface area contributed by atoms with Crippen LogP contribution in [0.15, 0.2) is 12.1 Å². The second-order valence-electron chi connectivity index (χ2n) is 4.62. The van der Waals surface area contributed by atoms with Crippen LogP contribution in [0.25, 0.3) is 0 Å². The zero-order chi connectivity index (χ0) is 13.1. The molecule has 96 valence electrons. The second kappa shape index (κ2) is 5.83. The summed E-state index contributed by atoms with van der Waals surface area (Å²) >= 11 is 7.42. The van der Waals surface area contributed by atoms with Gasteiger partial charge in [-0.1, -0.05) is 32.4 Å².